The number of hydrogen-bond acceptors (Lipinski definition) is 5. The Morgan fingerprint density at radius 3 is 2.38 bits per heavy atom. The van der Waals surface area contributed by atoms with Crippen molar-refractivity contribution in [3.63, 3.8) is 0 Å². The van der Waals surface area contributed by atoms with Gasteiger partial charge in [0, 0.05) is 17.8 Å². The first-order valence-corrected chi connectivity index (χ1v) is 9.54. The molecule has 3 N–H and O–H groups in total. The van der Waals surface area contributed by atoms with Gasteiger partial charge in [-0.3, -0.25) is 4.79 Å². The molecular weight excluding hydrogens is 339 g/mol. The number of halogens is 1. The molecule has 1 saturated heterocycles. The number of ether oxygens (including phenoxy) is 1. The van der Waals surface area contributed by atoms with E-state index in [1.165, 1.54) is 0 Å². The fourth-order valence-electron chi connectivity index (χ4n) is 6.18. The summed E-state index contributed by atoms with van der Waals surface area (Å²) in [5, 5.41) is 33.4. The average Bonchev–Trinajstić information content (AvgIpc) is 2.53. The Morgan fingerprint density at radius 2 is 1.81 bits per heavy atom. The quantitative estimate of drug-likeness (QED) is 0.569. The number of ketones is 1. The van der Waals surface area contributed by atoms with Crippen LogP contribution in [0.5, 0.6) is 0 Å². The Bertz CT molecular complexity index is 702. The minimum atomic E-state index is -1.95. The van der Waals surface area contributed by atoms with Gasteiger partial charge in [0.05, 0.1) is 23.7 Å². The normalized spacial score (nSPS) is 53.2. The molecule has 2 saturated carbocycles. The second kappa shape index (κ2) is 5.16. The fourth-order valence-corrected chi connectivity index (χ4v) is 6.18. The highest BCUT2D eigenvalue weighted by Gasteiger charge is 2.70. The smallest absolute Gasteiger partial charge is 0.217 e. The van der Waals surface area contributed by atoms with E-state index >= 15 is 4.39 Å². The minimum Gasteiger partial charge on any atom is -0.392 e. The molecule has 0 aromatic rings. The van der Waals surface area contributed by atoms with Gasteiger partial charge in [-0.2, -0.15) is 0 Å². The molecule has 3 fully saturated rings. The van der Waals surface area contributed by atoms with E-state index in [4.69, 9.17) is 4.74 Å². The lowest BCUT2D eigenvalue weighted by Gasteiger charge is -2.63. The SMILES string of the molecule is CC1=C2[C@@H](O)C(=O)C3(C)C(C[C@](O)(CC1)C2(C)C)C1CO[C@]1(F)C[C@@H]3O. The van der Waals surface area contributed by atoms with E-state index in [-0.39, 0.29) is 19.4 Å². The van der Waals surface area contributed by atoms with Crippen molar-refractivity contribution in [2.45, 2.75) is 77.0 Å². The third-order valence-corrected chi connectivity index (χ3v) is 8.30. The van der Waals surface area contributed by atoms with Crippen LogP contribution in [0.3, 0.4) is 0 Å². The van der Waals surface area contributed by atoms with E-state index in [2.05, 4.69) is 0 Å². The number of carbonyl (C=O) groups excluding carboxylic acids is 1. The summed E-state index contributed by atoms with van der Waals surface area (Å²) >= 11 is 0. The van der Waals surface area contributed by atoms with Crippen molar-refractivity contribution >= 4 is 5.78 Å². The third-order valence-electron chi connectivity index (χ3n) is 8.30. The van der Waals surface area contributed by atoms with Gasteiger partial charge in [-0.1, -0.05) is 19.4 Å². The van der Waals surface area contributed by atoms with Crippen LogP contribution >= 0.6 is 0 Å². The zero-order chi connectivity index (χ0) is 19.3. The molecule has 3 aliphatic carbocycles. The first kappa shape index (κ1) is 18.5. The maximum atomic E-state index is 15.1. The molecule has 26 heavy (non-hydrogen) atoms. The Balaban J connectivity index is 1.91. The standard InChI is InChI=1S/C20H29FO5/c1-10-5-6-19(25)7-11-12-9-26-20(12,21)8-13(22)18(11,4)16(24)15(23)14(10)17(19,2)3/h11-13,15,22-23,25H,5-9H2,1-4H3/t11?,12?,13-,15+,18?,19+,20+/m0/s1. The molecule has 3 unspecified atom stereocenters. The van der Waals surface area contributed by atoms with E-state index < -0.39 is 52.1 Å². The number of rotatable bonds is 0. The Kier molecular flexibility index (Phi) is 3.68. The maximum absolute atomic E-state index is 15.1. The fraction of sp³-hybridized carbons (Fsp3) is 0.850. The van der Waals surface area contributed by atoms with Gasteiger partial charge in [-0.15, -0.1) is 0 Å². The molecule has 7 atom stereocenters. The van der Waals surface area contributed by atoms with Crippen molar-refractivity contribution in [2.24, 2.45) is 22.7 Å². The van der Waals surface area contributed by atoms with E-state index in [1.54, 1.807) is 6.92 Å². The Morgan fingerprint density at radius 1 is 1.15 bits per heavy atom. The molecule has 4 rings (SSSR count). The number of fused-ring (bicyclic) bond motifs is 5. The number of carbonyl (C=O) groups is 1. The van der Waals surface area contributed by atoms with Crippen LogP contribution < -0.4 is 0 Å². The molecule has 0 amide bonds. The van der Waals surface area contributed by atoms with Crippen molar-refractivity contribution < 1.29 is 29.2 Å². The van der Waals surface area contributed by atoms with Crippen LogP contribution in [0.25, 0.3) is 0 Å². The Hall–Kier alpha value is -0.820. The second-order valence-corrected chi connectivity index (χ2v) is 9.63. The summed E-state index contributed by atoms with van der Waals surface area (Å²) in [6, 6.07) is 0. The monoisotopic (exact) mass is 368 g/mol. The molecule has 0 radical (unpaired) electrons. The lowest BCUT2D eigenvalue weighted by atomic mass is 9.47. The highest BCUT2D eigenvalue weighted by Crippen LogP contribution is 2.63. The van der Waals surface area contributed by atoms with Crippen LogP contribution in [0.15, 0.2) is 11.1 Å². The second-order valence-electron chi connectivity index (χ2n) is 9.63. The zero-order valence-corrected chi connectivity index (χ0v) is 15.9. The minimum absolute atomic E-state index is 0.172. The summed E-state index contributed by atoms with van der Waals surface area (Å²) in [6.07, 6.45) is -1.64. The number of aliphatic hydroxyl groups is 3. The van der Waals surface area contributed by atoms with Crippen molar-refractivity contribution in [3.8, 4) is 0 Å². The van der Waals surface area contributed by atoms with Gasteiger partial charge in [-0.25, -0.2) is 4.39 Å². The van der Waals surface area contributed by atoms with Crippen LogP contribution in [0, 0.1) is 22.7 Å². The van der Waals surface area contributed by atoms with E-state index in [0.717, 1.165) is 5.57 Å². The number of hydrogen-bond donors (Lipinski definition) is 3. The van der Waals surface area contributed by atoms with Crippen LogP contribution in [0.4, 0.5) is 4.39 Å². The van der Waals surface area contributed by atoms with Crippen LogP contribution in [0.1, 0.15) is 53.4 Å². The van der Waals surface area contributed by atoms with Gasteiger partial charge in [0.2, 0.25) is 5.85 Å². The van der Waals surface area contributed by atoms with Gasteiger partial charge in [0.1, 0.15) is 6.10 Å². The molecule has 2 bridgehead atoms. The third kappa shape index (κ3) is 1.96. The van der Waals surface area contributed by atoms with Crippen molar-refractivity contribution in [2.75, 3.05) is 6.61 Å². The zero-order valence-electron chi connectivity index (χ0n) is 15.9. The molecule has 6 heteroatoms. The molecule has 5 nitrogen and oxygen atoms in total. The molecular formula is C20H29FO5. The number of alkyl halides is 1. The van der Waals surface area contributed by atoms with Crippen LogP contribution in [0.2, 0.25) is 0 Å². The van der Waals surface area contributed by atoms with Gasteiger partial charge in [0.25, 0.3) is 0 Å². The number of Topliss-reactive ketones (excluding diaryl/α,β-unsaturated/α-hetero) is 1. The molecule has 0 aromatic carbocycles. The molecule has 0 aromatic heterocycles. The topological polar surface area (TPSA) is 87.0 Å². The van der Waals surface area contributed by atoms with E-state index in [9.17, 15) is 20.1 Å². The summed E-state index contributed by atoms with van der Waals surface area (Å²) in [4.78, 5) is 13.4. The Labute approximate surface area is 153 Å². The maximum Gasteiger partial charge on any atom is 0.217 e. The first-order valence-electron chi connectivity index (χ1n) is 9.54. The van der Waals surface area contributed by atoms with E-state index in [1.807, 2.05) is 20.8 Å². The lowest BCUT2D eigenvalue weighted by Crippen LogP contribution is -2.71. The predicted octanol–water partition coefficient (Wildman–Crippen LogP) is 1.89. The average molecular weight is 368 g/mol. The highest BCUT2D eigenvalue weighted by molar-refractivity contribution is 5.92. The molecule has 1 aliphatic heterocycles. The first-order chi connectivity index (χ1) is 11.9. The molecule has 0 spiro atoms. The molecule has 4 aliphatic rings. The molecule has 146 valence electrons. The number of allylic oxidation sites excluding steroid dienone is 1. The van der Waals surface area contributed by atoms with E-state index in [0.29, 0.717) is 18.4 Å². The van der Waals surface area contributed by atoms with Gasteiger partial charge in [0.15, 0.2) is 5.78 Å². The predicted molar refractivity (Wildman–Crippen MR) is 91.8 cm³/mol. The van der Waals surface area contributed by atoms with Gasteiger partial charge in [-0.05, 0) is 44.6 Å². The lowest BCUT2D eigenvalue weighted by molar-refractivity contribution is -0.348. The highest BCUT2D eigenvalue weighted by atomic mass is 19.2. The van der Waals surface area contributed by atoms with Crippen molar-refractivity contribution in [1.29, 1.82) is 0 Å². The van der Waals surface area contributed by atoms with Gasteiger partial charge < -0.3 is 20.1 Å². The summed E-state index contributed by atoms with van der Waals surface area (Å²) in [7, 11) is 0. The van der Waals surface area contributed by atoms with Crippen LogP contribution in [-0.4, -0.2) is 51.4 Å². The van der Waals surface area contributed by atoms with Crippen molar-refractivity contribution in [3.05, 3.63) is 11.1 Å². The number of aliphatic hydroxyl groups excluding tert-OH is 2. The summed E-state index contributed by atoms with van der Waals surface area (Å²) in [6.45, 7) is 7.38. The summed E-state index contributed by atoms with van der Waals surface area (Å²) in [5.41, 5.74) is -1.82. The summed E-state index contributed by atoms with van der Waals surface area (Å²) < 4.78 is 20.2. The van der Waals surface area contributed by atoms with Crippen LogP contribution in [-0.2, 0) is 9.53 Å². The molecule has 1 heterocycles. The summed E-state index contributed by atoms with van der Waals surface area (Å²) in [5.74, 6) is -3.55. The van der Waals surface area contributed by atoms with Gasteiger partial charge >= 0.3 is 0 Å². The largest absolute Gasteiger partial charge is 0.392 e. The van der Waals surface area contributed by atoms with Crippen molar-refractivity contribution in [1.82, 2.24) is 0 Å².